The number of furan rings is 1. The van der Waals surface area contributed by atoms with Gasteiger partial charge in [0.05, 0.1) is 6.26 Å². The number of ether oxygens (including phenoxy) is 1. The molecule has 164 valence electrons. The summed E-state index contributed by atoms with van der Waals surface area (Å²) >= 11 is 0. The molecule has 1 aromatic heterocycles. The van der Waals surface area contributed by atoms with E-state index in [0.717, 1.165) is 43.4 Å². The number of hydrogen-bond acceptors (Lipinski definition) is 6. The van der Waals surface area contributed by atoms with E-state index in [1.807, 2.05) is 43.1 Å². The molecule has 1 aliphatic rings. The SMILES string of the molecule is Cc1ccccc1C1=NC(=CN(C)CCCCCCN(C)C(=O)c2ccco2)C(=O)O1. The van der Waals surface area contributed by atoms with Crippen LogP contribution in [0.3, 0.4) is 0 Å². The van der Waals surface area contributed by atoms with Crippen LogP contribution in [0.25, 0.3) is 0 Å². The van der Waals surface area contributed by atoms with Crippen LogP contribution in [0.15, 0.2) is 64.0 Å². The summed E-state index contributed by atoms with van der Waals surface area (Å²) in [5.41, 5.74) is 2.16. The zero-order valence-electron chi connectivity index (χ0n) is 18.3. The minimum Gasteiger partial charge on any atom is -0.459 e. The van der Waals surface area contributed by atoms with E-state index < -0.39 is 5.97 Å². The summed E-state index contributed by atoms with van der Waals surface area (Å²) in [5, 5.41) is 0. The molecular weight excluding hydrogens is 394 g/mol. The maximum absolute atomic E-state index is 12.2. The average Bonchev–Trinajstić information content (AvgIpc) is 3.41. The van der Waals surface area contributed by atoms with Crippen molar-refractivity contribution in [3.63, 3.8) is 0 Å². The molecule has 0 bridgehead atoms. The number of hydrogen-bond donors (Lipinski definition) is 0. The molecule has 31 heavy (non-hydrogen) atoms. The fourth-order valence-electron chi connectivity index (χ4n) is 3.35. The Bertz CT molecular complexity index is 963. The number of rotatable bonds is 10. The smallest absolute Gasteiger partial charge is 0.365 e. The first-order chi connectivity index (χ1) is 15.0. The van der Waals surface area contributed by atoms with Crippen LogP contribution in [0.4, 0.5) is 0 Å². The zero-order chi connectivity index (χ0) is 22.2. The molecule has 0 unspecified atom stereocenters. The third-order valence-corrected chi connectivity index (χ3v) is 5.17. The van der Waals surface area contributed by atoms with Gasteiger partial charge in [0.1, 0.15) is 0 Å². The molecule has 0 N–H and O–H groups in total. The number of esters is 1. The summed E-state index contributed by atoms with van der Waals surface area (Å²) in [4.78, 5) is 32.3. The molecule has 1 amide bonds. The number of benzene rings is 1. The summed E-state index contributed by atoms with van der Waals surface area (Å²) < 4.78 is 10.5. The highest BCUT2D eigenvalue weighted by molar-refractivity contribution is 6.11. The monoisotopic (exact) mass is 423 g/mol. The van der Waals surface area contributed by atoms with Crippen molar-refractivity contribution < 1.29 is 18.7 Å². The Morgan fingerprint density at radius 1 is 1.03 bits per heavy atom. The fourth-order valence-corrected chi connectivity index (χ4v) is 3.35. The van der Waals surface area contributed by atoms with Gasteiger partial charge in [-0.25, -0.2) is 9.79 Å². The van der Waals surface area contributed by atoms with Gasteiger partial charge < -0.3 is 19.0 Å². The number of amides is 1. The predicted octanol–water partition coefficient (Wildman–Crippen LogP) is 4.00. The molecule has 7 heteroatoms. The number of aryl methyl sites for hydroxylation is 1. The minimum atomic E-state index is -0.422. The maximum Gasteiger partial charge on any atom is 0.365 e. The van der Waals surface area contributed by atoms with E-state index in [1.54, 1.807) is 30.3 Å². The van der Waals surface area contributed by atoms with Crippen molar-refractivity contribution in [2.75, 3.05) is 27.2 Å². The van der Waals surface area contributed by atoms with Crippen molar-refractivity contribution in [3.8, 4) is 0 Å². The van der Waals surface area contributed by atoms with Crippen LogP contribution >= 0.6 is 0 Å². The highest BCUT2D eigenvalue weighted by atomic mass is 16.6. The lowest BCUT2D eigenvalue weighted by Gasteiger charge is -2.16. The molecule has 2 aromatic rings. The standard InChI is InChI=1S/C24H29N3O4/c1-18-11-6-7-12-19(18)22-25-20(24(29)31-22)17-26(2)14-8-4-5-9-15-27(3)23(28)21-13-10-16-30-21/h6-7,10-13,16-17H,4-5,8-9,14-15H2,1-3H3. The Morgan fingerprint density at radius 2 is 1.77 bits per heavy atom. The lowest BCUT2D eigenvalue weighted by molar-refractivity contribution is -0.130. The van der Waals surface area contributed by atoms with Gasteiger partial charge in [-0.3, -0.25) is 4.79 Å². The Labute approximate surface area is 183 Å². The molecule has 7 nitrogen and oxygen atoms in total. The van der Waals surface area contributed by atoms with Gasteiger partial charge in [0.2, 0.25) is 5.90 Å². The molecule has 2 heterocycles. The normalized spacial score (nSPS) is 14.5. The van der Waals surface area contributed by atoms with E-state index >= 15 is 0 Å². The fraction of sp³-hybridized carbons (Fsp3) is 0.375. The van der Waals surface area contributed by atoms with Crippen molar-refractivity contribution in [1.82, 2.24) is 9.80 Å². The van der Waals surface area contributed by atoms with E-state index in [2.05, 4.69) is 4.99 Å². The number of carbonyl (C=O) groups excluding carboxylic acids is 2. The van der Waals surface area contributed by atoms with Crippen LogP contribution in [0, 0.1) is 6.92 Å². The largest absolute Gasteiger partial charge is 0.459 e. The second-order valence-electron chi connectivity index (χ2n) is 7.73. The van der Waals surface area contributed by atoms with Gasteiger partial charge in [0, 0.05) is 38.9 Å². The van der Waals surface area contributed by atoms with Crippen LogP contribution in [0.1, 0.15) is 47.4 Å². The Hall–Kier alpha value is -3.35. The molecule has 0 saturated heterocycles. The van der Waals surface area contributed by atoms with Crippen molar-refractivity contribution >= 4 is 17.8 Å². The van der Waals surface area contributed by atoms with Gasteiger partial charge in [0.25, 0.3) is 5.91 Å². The summed E-state index contributed by atoms with van der Waals surface area (Å²) in [5.74, 6) is 0.214. The van der Waals surface area contributed by atoms with Crippen LogP contribution in [-0.2, 0) is 9.53 Å². The number of carbonyl (C=O) groups is 2. The highest BCUT2D eigenvalue weighted by Crippen LogP contribution is 2.19. The van der Waals surface area contributed by atoms with Crippen LogP contribution in [0.2, 0.25) is 0 Å². The average molecular weight is 424 g/mol. The van der Waals surface area contributed by atoms with Gasteiger partial charge in [-0.1, -0.05) is 31.0 Å². The minimum absolute atomic E-state index is 0.0922. The van der Waals surface area contributed by atoms with Crippen molar-refractivity contribution in [1.29, 1.82) is 0 Å². The van der Waals surface area contributed by atoms with Crippen LogP contribution in [-0.4, -0.2) is 54.8 Å². The molecule has 0 fully saturated rings. The van der Waals surface area contributed by atoms with Crippen molar-refractivity contribution in [2.45, 2.75) is 32.6 Å². The molecular formula is C24H29N3O4. The molecule has 0 atom stereocenters. The van der Waals surface area contributed by atoms with E-state index in [9.17, 15) is 9.59 Å². The first kappa shape index (κ1) is 22.3. The number of aliphatic imine (C=N–C) groups is 1. The van der Waals surface area contributed by atoms with E-state index in [0.29, 0.717) is 23.9 Å². The molecule has 0 aliphatic carbocycles. The van der Waals surface area contributed by atoms with Crippen molar-refractivity contribution in [3.05, 3.63) is 71.4 Å². The van der Waals surface area contributed by atoms with Gasteiger partial charge in [0.15, 0.2) is 11.5 Å². The Balaban J connectivity index is 1.38. The molecule has 0 spiro atoms. The Kier molecular flexibility index (Phi) is 7.65. The third-order valence-electron chi connectivity index (χ3n) is 5.17. The van der Waals surface area contributed by atoms with Gasteiger partial charge in [-0.05, 0) is 43.5 Å². The quantitative estimate of drug-likeness (QED) is 0.328. The zero-order valence-corrected chi connectivity index (χ0v) is 18.3. The highest BCUT2D eigenvalue weighted by Gasteiger charge is 2.25. The maximum atomic E-state index is 12.2. The van der Waals surface area contributed by atoms with E-state index in [1.165, 1.54) is 6.26 Å². The summed E-state index contributed by atoms with van der Waals surface area (Å²) in [6.07, 6.45) is 7.23. The lowest BCUT2D eigenvalue weighted by Crippen LogP contribution is -2.27. The van der Waals surface area contributed by atoms with Crippen LogP contribution < -0.4 is 0 Å². The number of nitrogens with zero attached hydrogens (tertiary/aromatic N) is 3. The van der Waals surface area contributed by atoms with E-state index in [4.69, 9.17) is 9.15 Å². The Morgan fingerprint density at radius 3 is 2.48 bits per heavy atom. The number of unbranched alkanes of at least 4 members (excludes halogenated alkanes) is 3. The molecule has 3 rings (SSSR count). The topological polar surface area (TPSA) is 75.4 Å². The first-order valence-electron chi connectivity index (χ1n) is 10.5. The van der Waals surface area contributed by atoms with Gasteiger partial charge in [-0.15, -0.1) is 0 Å². The lowest BCUT2D eigenvalue weighted by atomic mass is 10.1. The van der Waals surface area contributed by atoms with Crippen LogP contribution in [0.5, 0.6) is 0 Å². The summed E-state index contributed by atoms with van der Waals surface area (Å²) in [7, 11) is 3.72. The summed E-state index contributed by atoms with van der Waals surface area (Å²) in [6, 6.07) is 11.1. The molecule has 1 aliphatic heterocycles. The third kappa shape index (κ3) is 6.07. The molecule has 0 radical (unpaired) electrons. The van der Waals surface area contributed by atoms with Crippen molar-refractivity contribution in [2.24, 2.45) is 4.99 Å². The first-order valence-corrected chi connectivity index (χ1v) is 10.5. The molecule has 1 aromatic carbocycles. The van der Waals surface area contributed by atoms with E-state index in [-0.39, 0.29) is 5.91 Å². The van der Waals surface area contributed by atoms with Gasteiger partial charge >= 0.3 is 5.97 Å². The molecule has 0 saturated carbocycles. The number of cyclic esters (lactones) is 1. The summed E-state index contributed by atoms with van der Waals surface area (Å²) in [6.45, 7) is 3.47. The predicted molar refractivity (Wildman–Crippen MR) is 119 cm³/mol. The second kappa shape index (κ2) is 10.6. The second-order valence-corrected chi connectivity index (χ2v) is 7.73. The van der Waals surface area contributed by atoms with Gasteiger partial charge in [-0.2, -0.15) is 0 Å².